The highest BCUT2D eigenvalue weighted by molar-refractivity contribution is 6.11. The van der Waals surface area contributed by atoms with Crippen LogP contribution in [0.2, 0.25) is 0 Å². The topological polar surface area (TPSA) is 67.5 Å². The van der Waals surface area contributed by atoms with Gasteiger partial charge >= 0.3 is 6.18 Å². The molecule has 3 aliphatic carbocycles. The SMILES string of the molecule is CCCNC(=O)[C@H]1[C@H](C(F)(F)F)CC=C2[C@@]3(C)CC(=CN)C(=Nc4ccc(F)cc4)C=C3CC[C@@]21C. The van der Waals surface area contributed by atoms with E-state index in [0.717, 1.165) is 16.7 Å². The van der Waals surface area contributed by atoms with Crippen molar-refractivity contribution in [2.24, 2.45) is 33.4 Å². The fourth-order valence-corrected chi connectivity index (χ4v) is 6.44. The van der Waals surface area contributed by atoms with Crippen molar-refractivity contribution in [2.75, 3.05) is 6.54 Å². The van der Waals surface area contributed by atoms with Gasteiger partial charge < -0.3 is 11.1 Å². The van der Waals surface area contributed by atoms with E-state index in [0.29, 0.717) is 43.6 Å². The van der Waals surface area contributed by atoms with E-state index in [-0.39, 0.29) is 12.2 Å². The molecule has 0 bridgehead atoms. The van der Waals surface area contributed by atoms with Crippen molar-refractivity contribution in [1.29, 1.82) is 0 Å². The standard InChI is InChI=1S/C28H33F4N3O/c1-4-13-34-25(36)24-21(28(30,31)32)9-10-23-26(24,2)12-11-18-14-22(17(16-33)15-27(18,23)3)35-20-7-5-19(29)6-8-20/h5-8,10,14,16,21,24H,4,9,11-13,15,33H2,1-3H3,(H,34,36)/t21-,24-,26+,27+/m1/s1. The van der Waals surface area contributed by atoms with Gasteiger partial charge in [0.05, 0.1) is 23.2 Å². The van der Waals surface area contributed by atoms with E-state index >= 15 is 0 Å². The Bertz CT molecular complexity index is 1150. The summed E-state index contributed by atoms with van der Waals surface area (Å²) in [5.74, 6) is -3.79. The van der Waals surface area contributed by atoms with E-state index in [4.69, 9.17) is 5.73 Å². The molecule has 0 aromatic heterocycles. The van der Waals surface area contributed by atoms with Crippen molar-refractivity contribution in [2.45, 2.75) is 59.1 Å². The molecule has 4 rings (SSSR count). The number of halogens is 4. The summed E-state index contributed by atoms with van der Waals surface area (Å²) >= 11 is 0. The van der Waals surface area contributed by atoms with Crippen LogP contribution in [0.4, 0.5) is 23.2 Å². The number of amides is 1. The number of hydrogen-bond donors (Lipinski definition) is 2. The van der Waals surface area contributed by atoms with Crippen molar-refractivity contribution in [3.8, 4) is 0 Å². The molecule has 1 saturated carbocycles. The quantitative estimate of drug-likeness (QED) is 0.362. The zero-order valence-electron chi connectivity index (χ0n) is 20.9. The maximum atomic E-state index is 14.1. The number of carbonyl (C=O) groups is 1. The first kappa shape index (κ1) is 26.2. The van der Waals surface area contributed by atoms with Crippen LogP contribution in [0, 0.1) is 28.5 Å². The maximum Gasteiger partial charge on any atom is 0.392 e. The lowest BCUT2D eigenvalue weighted by Gasteiger charge is -2.57. The number of nitrogens with zero attached hydrogens (tertiary/aromatic N) is 1. The van der Waals surface area contributed by atoms with Gasteiger partial charge in [-0.1, -0.05) is 38.0 Å². The predicted molar refractivity (Wildman–Crippen MR) is 133 cm³/mol. The number of allylic oxidation sites excluding steroid dienone is 5. The molecule has 1 fully saturated rings. The van der Waals surface area contributed by atoms with Crippen LogP contribution < -0.4 is 11.1 Å². The number of nitrogens with two attached hydrogens (primary N) is 1. The normalized spacial score (nSPS) is 32.4. The van der Waals surface area contributed by atoms with Crippen LogP contribution in [-0.4, -0.2) is 24.3 Å². The molecule has 4 atom stereocenters. The van der Waals surface area contributed by atoms with E-state index in [9.17, 15) is 22.4 Å². The summed E-state index contributed by atoms with van der Waals surface area (Å²) in [5, 5.41) is 2.75. The molecule has 0 radical (unpaired) electrons. The predicted octanol–water partition coefficient (Wildman–Crippen LogP) is 6.53. The van der Waals surface area contributed by atoms with Gasteiger partial charge in [0, 0.05) is 17.4 Å². The van der Waals surface area contributed by atoms with Crippen molar-refractivity contribution in [1.82, 2.24) is 5.32 Å². The first-order chi connectivity index (χ1) is 16.9. The van der Waals surface area contributed by atoms with E-state index in [1.54, 1.807) is 18.2 Å². The Balaban J connectivity index is 1.78. The molecule has 1 amide bonds. The number of aliphatic imine (C=N–C) groups is 1. The van der Waals surface area contributed by atoms with E-state index in [1.807, 2.05) is 26.8 Å². The molecule has 4 nitrogen and oxygen atoms in total. The molecular weight excluding hydrogens is 470 g/mol. The fraction of sp³-hybridized carbons (Fsp3) is 0.500. The van der Waals surface area contributed by atoms with Gasteiger partial charge in [-0.2, -0.15) is 13.2 Å². The van der Waals surface area contributed by atoms with Crippen LogP contribution >= 0.6 is 0 Å². The van der Waals surface area contributed by atoms with Crippen LogP contribution in [0.5, 0.6) is 0 Å². The van der Waals surface area contributed by atoms with E-state index in [1.165, 1.54) is 18.3 Å². The monoisotopic (exact) mass is 503 g/mol. The number of benzene rings is 1. The summed E-state index contributed by atoms with van der Waals surface area (Å²) in [6, 6.07) is 5.85. The molecule has 0 saturated heterocycles. The Morgan fingerprint density at radius 2 is 1.94 bits per heavy atom. The summed E-state index contributed by atoms with van der Waals surface area (Å²) in [5.41, 5.74) is 8.46. The van der Waals surface area contributed by atoms with Gasteiger partial charge in [0.1, 0.15) is 5.82 Å². The fourth-order valence-electron chi connectivity index (χ4n) is 6.44. The van der Waals surface area contributed by atoms with E-state index < -0.39 is 34.7 Å². The van der Waals surface area contributed by atoms with Gasteiger partial charge in [-0.15, -0.1) is 0 Å². The maximum absolute atomic E-state index is 14.1. The second-order valence-electron chi connectivity index (χ2n) is 10.5. The molecular formula is C28H33F4N3O. The van der Waals surface area contributed by atoms with Gasteiger partial charge in [-0.3, -0.25) is 4.79 Å². The highest BCUT2D eigenvalue weighted by atomic mass is 19.4. The van der Waals surface area contributed by atoms with Crippen molar-refractivity contribution >= 4 is 17.3 Å². The number of rotatable bonds is 4. The third kappa shape index (κ3) is 4.50. The Labute approximate surface area is 209 Å². The van der Waals surface area contributed by atoms with Gasteiger partial charge in [0.2, 0.25) is 5.91 Å². The molecule has 194 valence electrons. The third-order valence-electron chi connectivity index (χ3n) is 8.21. The lowest BCUT2D eigenvalue weighted by molar-refractivity contribution is -0.203. The largest absolute Gasteiger partial charge is 0.404 e. The molecule has 8 heteroatoms. The highest BCUT2D eigenvalue weighted by Crippen LogP contribution is 2.64. The van der Waals surface area contributed by atoms with Gasteiger partial charge in [0.15, 0.2) is 0 Å². The lowest BCUT2D eigenvalue weighted by Crippen LogP contribution is -2.55. The molecule has 0 spiro atoms. The third-order valence-corrected chi connectivity index (χ3v) is 8.21. The molecule has 36 heavy (non-hydrogen) atoms. The summed E-state index contributed by atoms with van der Waals surface area (Å²) in [6.07, 6.45) is 2.59. The first-order valence-corrected chi connectivity index (χ1v) is 12.5. The van der Waals surface area contributed by atoms with E-state index in [2.05, 4.69) is 10.3 Å². The van der Waals surface area contributed by atoms with Gasteiger partial charge in [0.25, 0.3) is 0 Å². The molecule has 1 aromatic rings. The molecule has 0 unspecified atom stereocenters. The second-order valence-corrected chi connectivity index (χ2v) is 10.5. The Morgan fingerprint density at radius 3 is 2.56 bits per heavy atom. The number of hydrogen-bond acceptors (Lipinski definition) is 3. The van der Waals surface area contributed by atoms with Crippen molar-refractivity contribution < 1.29 is 22.4 Å². The smallest absolute Gasteiger partial charge is 0.392 e. The van der Waals surface area contributed by atoms with Crippen LogP contribution in [0.1, 0.15) is 52.9 Å². The van der Waals surface area contributed by atoms with Crippen molar-refractivity contribution in [3.05, 3.63) is 65.2 Å². The molecule has 1 aromatic carbocycles. The average molecular weight is 504 g/mol. The van der Waals surface area contributed by atoms with Crippen LogP contribution in [0.15, 0.2) is 64.3 Å². The van der Waals surface area contributed by atoms with Crippen LogP contribution in [0.3, 0.4) is 0 Å². The first-order valence-electron chi connectivity index (χ1n) is 12.5. The van der Waals surface area contributed by atoms with Crippen molar-refractivity contribution in [3.63, 3.8) is 0 Å². The molecule has 3 N–H and O–H groups in total. The average Bonchev–Trinajstić information content (AvgIpc) is 2.82. The Kier molecular flexibility index (Phi) is 6.92. The number of carbonyl (C=O) groups excluding carboxylic acids is 1. The second kappa shape index (κ2) is 9.52. The number of fused-ring (bicyclic) bond motifs is 3. The zero-order valence-corrected chi connectivity index (χ0v) is 20.9. The Morgan fingerprint density at radius 1 is 1.25 bits per heavy atom. The highest BCUT2D eigenvalue weighted by Gasteiger charge is 2.61. The molecule has 0 heterocycles. The molecule has 3 aliphatic rings. The summed E-state index contributed by atoms with van der Waals surface area (Å²) in [7, 11) is 0. The van der Waals surface area contributed by atoms with Crippen LogP contribution in [0.25, 0.3) is 0 Å². The minimum absolute atomic E-state index is 0.223. The van der Waals surface area contributed by atoms with Gasteiger partial charge in [-0.25, -0.2) is 9.38 Å². The Hall–Kier alpha value is -2.90. The van der Waals surface area contributed by atoms with Crippen LogP contribution in [-0.2, 0) is 4.79 Å². The lowest BCUT2D eigenvalue weighted by atomic mass is 9.47. The zero-order chi connectivity index (χ0) is 26.3. The summed E-state index contributed by atoms with van der Waals surface area (Å²) < 4.78 is 55.8. The molecule has 0 aliphatic heterocycles. The minimum atomic E-state index is -4.47. The number of nitrogens with one attached hydrogen (secondary N) is 1. The number of alkyl halides is 3. The van der Waals surface area contributed by atoms with Gasteiger partial charge in [-0.05, 0) is 74.2 Å². The minimum Gasteiger partial charge on any atom is -0.404 e. The summed E-state index contributed by atoms with van der Waals surface area (Å²) in [6.45, 7) is 6.08. The summed E-state index contributed by atoms with van der Waals surface area (Å²) in [4.78, 5) is 17.9.